The Balaban J connectivity index is 4.41. The van der Waals surface area contributed by atoms with E-state index in [9.17, 15) is 14.4 Å². The maximum atomic E-state index is 12.9. The lowest BCUT2D eigenvalue weighted by Crippen LogP contribution is -2.30. The molecule has 0 saturated carbocycles. The normalized spacial score (nSPS) is 12.5. The van der Waals surface area contributed by atoms with Crippen LogP contribution in [0.4, 0.5) is 0 Å². The first kappa shape index (κ1) is 71.8. The molecule has 0 bridgehead atoms. The van der Waals surface area contributed by atoms with Crippen molar-refractivity contribution in [1.29, 1.82) is 0 Å². The number of ether oxygens (including phenoxy) is 3. The van der Waals surface area contributed by atoms with Gasteiger partial charge >= 0.3 is 17.9 Å². The fourth-order valence-corrected chi connectivity index (χ4v) is 9.35. The van der Waals surface area contributed by atoms with Gasteiger partial charge in [0.2, 0.25) is 0 Å². The lowest BCUT2D eigenvalue weighted by atomic mass is 10.0. The van der Waals surface area contributed by atoms with Gasteiger partial charge in [-0.3, -0.25) is 14.4 Å². The van der Waals surface area contributed by atoms with E-state index in [0.717, 1.165) is 96.3 Å². The minimum Gasteiger partial charge on any atom is -0.462 e. The molecule has 0 saturated heterocycles. The Morgan fingerprint density at radius 2 is 0.520 bits per heavy atom. The Labute approximate surface area is 465 Å². The summed E-state index contributed by atoms with van der Waals surface area (Å²) in [6.07, 6.45) is 81.9. The van der Waals surface area contributed by atoms with Crippen molar-refractivity contribution in [3.05, 3.63) is 72.9 Å². The molecular formula is C69H122O6. The second-order valence-electron chi connectivity index (χ2n) is 21.6. The van der Waals surface area contributed by atoms with Crippen molar-refractivity contribution >= 4 is 17.9 Å². The van der Waals surface area contributed by atoms with E-state index in [-0.39, 0.29) is 31.1 Å². The molecular weight excluding hydrogens is 925 g/mol. The van der Waals surface area contributed by atoms with Crippen LogP contribution in [0.15, 0.2) is 72.9 Å². The SMILES string of the molecule is CC/C=C/C/C=C/C/C=C/C/C=C/C/C=C/CCCCCC(=O)OC[C@@H](COC(=O)CCCCCCCCCCCCCCCCCCCCC)OC(=O)CCCCCCCCCCC/C=C/CCCCCCCC. The van der Waals surface area contributed by atoms with E-state index in [2.05, 4.69) is 93.7 Å². The molecule has 6 nitrogen and oxygen atoms in total. The van der Waals surface area contributed by atoms with E-state index in [1.165, 1.54) is 193 Å². The highest BCUT2D eigenvalue weighted by Crippen LogP contribution is 2.17. The van der Waals surface area contributed by atoms with Gasteiger partial charge in [0.25, 0.3) is 0 Å². The molecule has 0 fully saturated rings. The topological polar surface area (TPSA) is 78.9 Å². The van der Waals surface area contributed by atoms with Gasteiger partial charge in [-0.1, -0.05) is 293 Å². The van der Waals surface area contributed by atoms with Gasteiger partial charge in [-0.05, 0) is 89.9 Å². The van der Waals surface area contributed by atoms with Crippen LogP contribution in [0, 0.1) is 0 Å². The highest BCUT2D eigenvalue weighted by molar-refractivity contribution is 5.71. The van der Waals surface area contributed by atoms with Crippen molar-refractivity contribution in [2.24, 2.45) is 0 Å². The largest absolute Gasteiger partial charge is 0.462 e. The minimum atomic E-state index is -0.790. The second-order valence-corrected chi connectivity index (χ2v) is 21.6. The number of esters is 3. The van der Waals surface area contributed by atoms with E-state index in [1.807, 2.05) is 0 Å². The van der Waals surface area contributed by atoms with E-state index >= 15 is 0 Å². The maximum Gasteiger partial charge on any atom is 0.306 e. The molecule has 0 unspecified atom stereocenters. The predicted molar refractivity (Wildman–Crippen MR) is 325 cm³/mol. The van der Waals surface area contributed by atoms with E-state index in [1.54, 1.807) is 0 Å². The lowest BCUT2D eigenvalue weighted by Gasteiger charge is -2.18. The van der Waals surface area contributed by atoms with Crippen LogP contribution >= 0.6 is 0 Å². The zero-order chi connectivity index (χ0) is 54.3. The standard InChI is InChI=1S/C69H122O6/c1-4-7-10-13-16-19-22-25-28-31-34-37-40-43-46-49-52-55-58-61-67(70)73-64-66(75-69(72)63-60-57-54-51-48-45-42-39-36-33-30-27-24-21-18-15-12-9-6-3)65-74-68(71)62-59-56-53-50-47-44-41-38-35-32-29-26-23-20-17-14-11-8-5-2/h7,10,16,19,25,27-28,30,34,37,43,46,66H,4-6,8-9,11-15,17-18,20-24,26,29,31-33,35-36,38-42,44-45,47-65H2,1-3H3/b10-7+,19-16+,28-25+,30-27+,37-34+,46-43+/t66-/m0/s1. The minimum absolute atomic E-state index is 0.0836. The summed E-state index contributed by atoms with van der Waals surface area (Å²) in [5.41, 5.74) is 0. The third kappa shape index (κ3) is 61.6. The third-order valence-corrected chi connectivity index (χ3v) is 14.2. The highest BCUT2D eigenvalue weighted by Gasteiger charge is 2.19. The zero-order valence-corrected chi connectivity index (χ0v) is 49.8. The van der Waals surface area contributed by atoms with Gasteiger partial charge in [0.15, 0.2) is 6.10 Å². The smallest absolute Gasteiger partial charge is 0.306 e. The molecule has 0 heterocycles. The van der Waals surface area contributed by atoms with Gasteiger partial charge < -0.3 is 14.2 Å². The Bertz CT molecular complexity index is 1390. The number of carbonyl (C=O) groups is 3. The van der Waals surface area contributed by atoms with Crippen molar-refractivity contribution in [2.45, 2.75) is 335 Å². The summed E-state index contributed by atoms with van der Waals surface area (Å²) in [5, 5.41) is 0. The molecule has 0 rings (SSSR count). The number of unbranched alkanes of at least 4 members (excludes halogenated alkanes) is 36. The van der Waals surface area contributed by atoms with Crippen LogP contribution in [0.2, 0.25) is 0 Å². The van der Waals surface area contributed by atoms with Crippen LogP contribution < -0.4 is 0 Å². The molecule has 0 amide bonds. The molecule has 0 radical (unpaired) electrons. The van der Waals surface area contributed by atoms with E-state index in [4.69, 9.17) is 14.2 Å². The van der Waals surface area contributed by atoms with Crippen LogP contribution in [-0.4, -0.2) is 37.2 Å². The first-order valence-electron chi connectivity index (χ1n) is 32.4. The van der Waals surface area contributed by atoms with Gasteiger partial charge in [-0.2, -0.15) is 0 Å². The van der Waals surface area contributed by atoms with E-state index < -0.39 is 6.10 Å². The molecule has 434 valence electrons. The number of allylic oxidation sites excluding steroid dienone is 12. The number of hydrogen-bond donors (Lipinski definition) is 0. The Morgan fingerprint density at radius 3 is 0.840 bits per heavy atom. The van der Waals surface area contributed by atoms with Crippen LogP contribution in [0.1, 0.15) is 329 Å². The van der Waals surface area contributed by atoms with Crippen molar-refractivity contribution in [2.75, 3.05) is 13.2 Å². The van der Waals surface area contributed by atoms with Crippen LogP contribution in [0.5, 0.6) is 0 Å². The fraction of sp³-hybridized carbons (Fsp3) is 0.783. The molecule has 0 N–H and O–H groups in total. The van der Waals surface area contributed by atoms with Crippen molar-refractivity contribution in [3.63, 3.8) is 0 Å². The number of hydrogen-bond acceptors (Lipinski definition) is 6. The molecule has 6 heteroatoms. The van der Waals surface area contributed by atoms with Crippen molar-refractivity contribution in [1.82, 2.24) is 0 Å². The van der Waals surface area contributed by atoms with Gasteiger partial charge in [0, 0.05) is 19.3 Å². The average Bonchev–Trinajstić information content (AvgIpc) is 3.41. The van der Waals surface area contributed by atoms with Crippen LogP contribution in [0.25, 0.3) is 0 Å². The molecule has 0 spiro atoms. The quantitative estimate of drug-likeness (QED) is 0.0261. The molecule has 0 aromatic heterocycles. The second kappa shape index (κ2) is 63.4. The molecule has 75 heavy (non-hydrogen) atoms. The van der Waals surface area contributed by atoms with Crippen molar-refractivity contribution in [3.8, 4) is 0 Å². The molecule has 0 aliphatic rings. The lowest BCUT2D eigenvalue weighted by molar-refractivity contribution is -0.167. The Kier molecular flexibility index (Phi) is 60.7. The summed E-state index contributed by atoms with van der Waals surface area (Å²) < 4.78 is 16.9. The number of rotatable bonds is 59. The Hall–Kier alpha value is -3.15. The highest BCUT2D eigenvalue weighted by atomic mass is 16.6. The maximum absolute atomic E-state index is 12.9. The molecule has 1 atom stereocenters. The van der Waals surface area contributed by atoms with Gasteiger partial charge in [-0.25, -0.2) is 0 Å². The summed E-state index contributed by atoms with van der Waals surface area (Å²) in [5.74, 6) is -0.901. The predicted octanol–water partition coefficient (Wildman–Crippen LogP) is 22.1. The van der Waals surface area contributed by atoms with Gasteiger partial charge in [0.05, 0.1) is 0 Å². The first-order chi connectivity index (χ1) is 37.0. The Morgan fingerprint density at radius 1 is 0.280 bits per heavy atom. The van der Waals surface area contributed by atoms with Gasteiger partial charge in [-0.15, -0.1) is 0 Å². The monoisotopic (exact) mass is 1050 g/mol. The van der Waals surface area contributed by atoms with Crippen molar-refractivity contribution < 1.29 is 28.6 Å². The average molecular weight is 1050 g/mol. The summed E-state index contributed by atoms with van der Waals surface area (Å²) in [7, 11) is 0. The molecule has 0 aliphatic heterocycles. The van der Waals surface area contributed by atoms with E-state index in [0.29, 0.717) is 19.3 Å². The first-order valence-corrected chi connectivity index (χ1v) is 32.4. The fourth-order valence-electron chi connectivity index (χ4n) is 9.35. The summed E-state index contributed by atoms with van der Waals surface area (Å²) in [4.78, 5) is 38.4. The zero-order valence-electron chi connectivity index (χ0n) is 49.8. The molecule has 0 aromatic rings. The number of carbonyl (C=O) groups excluding carboxylic acids is 3. The molecule has 0 aromatic carbocycles. The summed E-state index contributed by atoms with van der Waals surface area (Å²) >= 11 is 0. The van der Waals surface area contributed by atoms with Crippen LogP contribution in [0.3, 0.4) is 0 Å². The van der Waals surface area contributed by atoms with Crippen LogP contribution in [-0.2, 0) is 28.6 Å². The summed E-state index contributed by atoms with van der Waals surface area (Å²) in [6, 6.07) is 0. The third-order valence-electron chi connectivity index (χ3n) is 14.2. The summed E-state index contributed by atoms with van der Waals surface area (Å²) in [6.45, 7) is 6.54. The molecule has 0 aliphatic carbocycles. The van der Waals surface area contributed by atoms with Gasteiger partial charge in [0.1, 0.15) is 13.2 Å².